The third-order valence-corrected chi connectivity index (χ3v) is 3.16. The molecule has 21 heavy (non-hydrogen) atoms. The minimum Gasteiger partial charge on any atom is -0.497 e. The van der Waals surface area contributed by atoms with E-state index in [1.165, 1.54) is 7.11 Å². The number of methoxy groups -OCH3 is 1. The monoisotopic (exact) mass is 362 g/mol. The van der Waals surface area contributed by atoms with Crippen LogP contribution in [0, 0.1) is 0 Å². The second-order valence-electron chi connectivity index (χ2n) is 4.00. The predicted octanol–water partition coefficient (Wildman–Crippen LogP) is 4.25. The van der Waals surface area contributed by atoms with Gasteiger partial charge >= 0.3 is 6.18 Å². The zero-order chi connectivity index (χ0) is 15.6. The van der Waals surface area contributed by atoms with E-state index in [1.807, 2.05) is 0 Å². The average Bonchev–Trinajstić information content (AvgIpc) is 2.42. The first-order valence-corrected chi connectivity index (χ1v) is 6.44. The molecule has 1 aromatic heterocycles. The maximum absolute atomic E-state index is 12.6. The maximum Gasteiger partial charge on any atom is 0.433 e. The standard InChI is InChI=1S/C13H10BrF3N2O2/c1-20-7-2-3-10(8(14)4-7)21-11-5-12(13(15,16)17)19-6-9(11)18/h2-6H,18H2,1H3. The molecule has 1 aromatic carbocycles. The number of nitrogen functional groups attached to an aromatic ring is 1. The van der Waals surface area contributed by atoms with Crippen molar-refractivity contribution in [1.82, 2.24) is 4.98 Å². The Morgan fingerprint density at radius 3 is 2.48 bits per heavy atom. The van der Waals surface area contributed by atoms with Crippen molar-refractivity contribution >= 4 is 21.6 Å². The summed E-state index contributed by atoms with van der Waals surface area (Å²) < 4.78 is 48.8. The van der Waals surface area contributed by atoms with Crippen molar-refractivity contribution < 1.29 is 22.6 Å². The minimum atomic E-state index is -4.57. The number of nitrogens with two attached hydrogens (primary N) is 1. The average molecular weight is 363 g/mol. The van der Waals surface area contributed by atoms with Crippen molar-refractivity contribution in [2.45, 2.75) is 6.18 Å². The second kappa shape index (κ2) is 5.80. The van der Waals surface area contributed by atoms with Crippen LogP contribution in [0.1, 0.15) is 5.69 Å². The number of alkyl halides is 3. The highest BCUT2D eigenvalue weighted by Crippen LogP contribution is 2.37. The molecule has 0 atom stereocenters. The molecule has 2 aromatic rings. The van der Waals surface area contributed by atoms with Crippen LogP contribution in [-0.2, 0) is 6.18 Å². The number of anilines is 1. The topological polar surface area (TPSA) is 57.4 Å². The van der Waals surface area contributed by atoms with E-state index in [0.29, 0.717) is 16.0 Å². The van der Waals surface area contributed by atoms with Crippen LogP contribution in [0.2, 0.25) is 0 Å². The summed E-state index contributed by atoms with van der Waals surface area (Å²) in [6, 6.07) is 5.54. The van der Waals surface area contributed by atoms with Crippen molar-refractivity contribution in [3.63, 3.8) is 0 Å². The Morgan fingerprint density at radius 1 is 1.19 bits per heavy atom. The van der Waals surface area contributed by atoms with E-state index < -0.39 is 11.9 Å². The van der Waals surface area contributed by atoms with E-state index in [-0.39, 0.29) is 11.4 Å². The van der Waals surface area contributed by atoms with Crippen LogP contribution in [0.15, 0.2) is 34.9 Å². The third kappa shape index (κ3) is 3.57. The quantitative estimate of drug-likeness (QED) is 0.886. The molecular formula is C13H10BrF3N2O2. The summed E-state index contributed by atoms with van der Waals surface area (Å²) in [4.78, 5) is 3.24. The maximum atomic E-state index is 12.6. The van der Waals surface area contributed by atoms with Gasteiger partial charge in [-0.15, -0.1) is 0 Å². The summed E-state index contributed by atoms with van der Waals surface area (Å²) in [5, 5.41) is 0. The molecule has 112 valence electrons. The Kier molecular flexibility index (Phi) is 4.26. The van der Waals surface area contributed by atoms with Gasteiger partial charge in [-0.25, -0.2) is 4.98 Å². The smallest absolute Gasteiger partial charge is 0.433 e. The molecule has 0 saturated carbocycles. The number of aromatic nitrogens is 1. The van der Waals surface area contributed by atoms with Crippen molar-refractivity contribution in [2.24, 2.45) is 0 Å². The van der Waals surface area contributed by atoms with Crippen LogP contribution < -0.4 is 15.2 Å². The highest BCUT2D eigenvalue weighted by Gasteiger charge is 2.33. The Morgan fingerprint density at radius 2 is 1.90 bits per heavy atom. The molecule has 0 fully saturated rings. The number of ether oxygens (including phenoxy) is 2. The van der Waals surface area contributed by atoms with Gasteiger partial charge in [0.15, 0.2) is 5.75 Å². The fourth-order valence-corrected chi connectivity index (χ4v) is 1.94. The van der Waals surface area contributed by atoms with Gasteiger partial charge in [0, 0.05) is 6.07 Å². The molecule has 4 nitrogen and oxygen atoms in total. The van der Waals surface area contributed by atoms with Gasteiger partial charge in [-0.05, 0) is 34.1 Å². The second-order valence-corrected chi connectivity index (χ2v) is 4.86. The molecule has 0 aliphatic carbocycles. The van der Waals surface area contributed by atoms with Gasteiger partial charge in [-0.3, -0.25) is 0 Å². The van der Waals surface area contributed by atoms with E-state index in [2.05, 4.69) is 20.9 Å². The number of pyridine rings is 1. The van der Waals surface area contributed by atoms with Gasteiger partial charge in [-0.2, -0.15) is 13.2 Å². The number of rotatable bonds is 3. The van der Waals surface area contributed by atoms with Crippen LogP contribution in [0.3, 0.4) is 0 Å². The summed E-state index contributed by atoms with van der Waals surface area (Å²) in [6.07, 6.45) is -3.65. The number of halogens is 4. The molecule has 0 saturated heterocycles. The molecule has 0 radical (unpaired) electrons. The number of benzene rings is 1. The summed E-state index contributed by atoms with van der Waals surface area (Å²) >= 11 is 3.24. The van der Waals surface area contributed by atoms with Crippen LogP contribution in [0.5, 0.6) is 17.2 Å². The largest absolute Gasteiger partial charge is 0.497 e. The molecule has 0 aliphatic heterocycles. The number of hydrogen-bond acceptors (Lipinski definition) is 4. The summed E-state index contributed by atoms with van der Waals surface area (Å²) in [7, 11) is 1.50. The first-order valence-electron chi connectivity index (χ1n) is 5.65. The Bertz CT molecular complexity index is 662. The summed E-state index contributed by atoms with van der Waals surface area (Å²) in [5.41, 5.74) is 4.52. The van der Waals surface area contributed by atoms with Crippen molar-refractivity contribution in [3.8, 4) is 17.2 Å². The Balaban J connectivity index is 2.35. The number of hydrogen-bond donors (Lipinski definition) is 1. The lowest BCUT2D eigenvalue weighted by Gasteiger charge is -2.13. The lowest BCUT2D eigenvalue weighted by Crippen LogP contribution is -2.08. The highest BCUT2D eigenvalue weighted by molar-refractivity contribution is 9.10. The van der Waals surface area contributed by atoms with Gasteiger partial charge < -0.3 is 15.2 Å². The van der Waals surface area contributed by atoms with E-state index in [0.717, 1.165) is 12.3 Å². The first-order chi connectivity index (χ1) is 9.81. The molecule has 0 amide bonds. The minimum absolute atomic E-state index is 0.00529. The highest BCUT2D eigenvalue weighted by atomic mass is 79.9. The Labute approximate surface area is 126 Å². The van der Waals surface area contributed by atoms with E-state index in [9.17, 15) is 13.2 Å². The van der Waals surface area contributed by atoms with Gasteiger partial charge in [0.2, 0.25) is 0 Å². The fourth-order valence-electron chi connectivity index (χ4n) is 1.50. The molecule has 0 bridgehead atoms. The fraction of sp³-hybridized carbons (Fsp3) is 0.154. The molecule has 0 unspecified atom stereocenters. The van der Waals surface area contributed by atoms with Gasteiger partial charge in [-0.1, -0.05) is 0 Å². The lowest BCUT2D eigenvalue weighted by molar-refractivity contribution is -0.141. The molecule has 1 heterocycles. The van der Waals surface area contributed by atoms with E-state index in [1.54, 1.807) is 18.2 Å². The van der Waals surface area contributed by atoms with Gasteiger partial charge in [0.25, 0.3) is 0 Å². The van der Waals surface area contributed by atoms with Crippen molar-refractivity contribution in [1.29, 1.82) is 0 Å². The van der Waals surface area contributed by atoms with Gasteiger partial charge in [0.05, 0.1) is 23.5 Å². The van der Waals surface area contributed by atoms with Crippen molar-refractivity contribution in [3.05, 3.63) is 40.6 Å². The van der Waals surface area contributed by atoms with Crippen LogP contribution in [0.25, 0.3) is 0 Å². The van der Waals surface area contributed by atoms with Crippen LogP contribution in [-0.4, -0.2) is 12.1 Å². The van der Waals surface area contributed by atoms with E-state index >= 15 is 0 Å². The van der Waals surface area contributed by atoms with Crippen molar-refractivity contribution in [2.75, 3.05) is 12.8 Å². The van der Waals surface area contributed by atoms with Crippen LogP contribution >= 0.6 is 15.9 Å². The lowest BCUT2D eigenvalue weighted by atomic mass is 10.3. The zero-order valence-electron chi connectivity index (χ0n) is 10.7. The van der Waals surface area contributed by atoms with E-state index in [4.69, 9.17) is 15.2 Å². The Hall–Kier alpha value is -1.96. The summed E-state index contributed by atoms with van der Waals surface area (Å²) in [5.74, 6) is 0.762. The molecule has 8 heteroatoms. The van der Waals surface area contributed by atoms with Crippen LogP contribution in [0.4, 0.5) is 18.9 Å². The normalized spacial score (nSPS) is 11.3. The molecule has 2 N–H and O–H groups in total. The molecule has 0 aliphatic rings. The van der Waals surface area contributed by atoms with Gasteiger partial charge in [0.1, 0.15) is 17.2 Å². The molecule has 0 spiro atoms. The molecular weight excluding hydrogens is 353 g/mol. The first kappa shape index (κ1) is 15.4. The predicted molar refractivity (Wildman–Crippen MR) is 74.4 cm³/mol. The zero-order valence-corrected chi connectivity index (χ0v) is 12.3. The summed E-state index contributed by atoms with van der Waals surface area (Å²) in [6.45, 7) is 0. The number of nitrogens with zero attached hydrogens (tertiary/aromatic N) is 1. The SMILES string of the molecule is COc1ccc(Oc2cc(C(F)(F)F)ncc2N)c(Br)c1. The third-order valence-electron chi connectivity index (χ3n) is 2.54. The molecule has 2 rings (SSSR count).